The minimum atomic E-state index is -1.48. The molecule has 8 heteroatoms. The maximum Gasteiger partial charge on any atom is 0.217 e. The third-order valence-corrected chi connectivity index (χ3v) is 2.33. The zero-order valence-corrected chi connectivity index (χ0v) is 8.61. The number of aliphatic hydroxyl groups excluding tert-OH is 3. The number of hydrogen-bond donors (Lipinski definition) is 5. The van der Waals surface area contributed by atoms with Crippen molar-refractivity contribution in [3.63, 3.8) is 0 Å². The van der Waals surface area contributed by atoms with Crippen LogP contribution < -0.4 is 5.32 Å². The van der Waals surface area contributed by atoms with Gasteiger partial charge >= 0.3 is 0 Å². The first-order chi connectivity index (χ1) is 7.47. The summed E-state index contributed by atoms with van der Waals surface area (Å²) >= 11 is 0. The molecule has 1 rings (SSSR count). The average Bonchev–Trinajstić information content (AvgIpc) is 2.21. The highest BCUT2D eigenvalue weighted by Gasteiger charge is 2.44. The molecule has 0 spiro atoms. The van der Waals surface area contributed by atoms with E-state index >= 15 is 0 Å². The molecule has 1 aliphatic rings. The molecule has 1 fully saturated rings. The van der Waals surface area contributed by atoms with E-state index in [2.05, 4.69) is 10.2 Å². The molecule has 1 heterocycles. The highest BCUT2D eigenvalue weighted by Crippen LogP contribution is 2.20. The van der Waals surface area contributed by atoms with Crippen molar-refractivity contribution < 1.29 is 35.0 Å². The maximum atomic E-state index is 10.8. The van der Waals surface area contributed by atoms with Gasteiger partial charge in [0.1, 0.15) is 31.0 Å². The van der Waals surface area contributed by atoms with E-state index in [0.717, 1.165) is 0 Å². The van der Waals surface area contributed by atoms with Gasteiger partial charge in [-0.1, -0.05) is 0 Å². The summed E-state index contributed by atoms with van der Waals surface area (Å²) in [4.78, 5) is 14.6. The maximum absolute atomic E-state index is 10.8. The van der Waals surface area contributed by atoms with E-state index in [4.69, 9.17) is 9.99 Å². The van der Waals surface area contributed by atoms with Crippen LogP contribution in [0.3, 0.4) is 0 Å². The van der Waals surface area contributed by atoms with Crippen LogP contribution in [0.1, 0.15) is 6.92 Å². The van der Waals surface area contributed by atoms with Crippen molar-refractivity contribution in [1.82, 2.24) is 5.32 Å². The van der Waals surface area contributed by atoms with Crippen LogP contribution in [-0.4, -0.2) is 63.7 Å². The van der Waals surface area contributed by atoms with E-state index in [9.17, 15) is 20.1 Å². The molecule has 0 radical (unpaired) electrons. The Morgan fingerprint density at radius 1 is 1.38 bits per heavy atom. The van der Waals surface area contributed by atoms with Crippen molar-refractivity contribution in [3.05, 3.63) is 0 Å². The molecule has 5 N–H and O–H groups in total. The Kier molecular flexibility index (Phi) is 4.59. The molecule has 94 valence electrons. The molecule has 1 aliphatic heterocycles. The van der Waals surface area contributed by atoms with Crippen molar-refractivity contribution in [3.8, 4) is 0 Å². The fourth-order valence-corrected chi connectivity index (χ4v) is 1.55. The third-order valence-electron chi connectivity index (χ3n) is 2.33. The lowest BCUT2D eigenvalue weighted by molar-refractivity contribution is -0.307. The van der Waals surface area contributed by atoms with E-state index in [-0.39, 0.29) is 0 Å². The highest BCUT2D eigenvalue weighted by atomic mass is 17.1. The Morgan fingerprint density at radius 3 is 2.50 bits per heavy atom. The predicted octanol–water partition coefficient (Wildman–Crippen LogP) is -2.58. The number of nitrogens with one attached hydrogen (secondary N) is 1. The van der Waals surface area contributed by atoms with Crippen LogP contribution >= 0.6 is 0 Å². The number of amides is 1. The Bertz CT molecular complexity index is 249. The number of aliphatic hydroxyl groups is 3. The third kappa shape index (κ3) is 2.88. The molecule has 0 unspecified atom stereocenters. The zero-order chi connectivity index (χ0) is 12.3. The summed E-state index contributed by atoms with van der Waals surface area (Å²) in [6.07, 6.45) is -5.34. The van der Waals surface area contributed by atoms with Gasteiger partial charge in [-0.15, -0.1) is 0 Å². The summed E-state index contributed by atoms with van der Waals surface area (Å²) in [5, 5.41) is 39.1. The number of rotatable bonds is 3. The largest absolute Gasteiger partial charge is 0.388 e. The van der Waals surface area contributed by atoms with Crippen LogP contribution in [0.25, 0.3) is 0 Å². The van der Waals surface area contributed by atoms with Crippen molar-refractivity contribution in [2.45, 2.75) is 37.6 Å². The topological polar surface area (TPSA) is 128 Å². The SMILES string of the molecule is CC(=O)N[C@@H]1[C@@H](O)[C@H](O)[C@@H](COO)O[C@H]1O. The average molecular weight is 237 g/mol. The molecule has 8 nitrogen and oxygen atoms in total. The van der Waals surface area contributed by atoms with Crippen LogP contribution in [0.15, 0.2) is 0 Å². The molecule has 5 atom stereocenters. The quantitative estimate of drug-likeness (QED) is 0.269. The second kappa shape index (κ2) is 5.53. The van der Waals surface area contributed by atoms with Crippen LogP contribution in [0.2, 0.25) is 0 Å². The first kappa shape index (κ1) is 13.3. The number of carbonyl (C=O) groups is 1. The minimum Gasteiger partial charge on any atom is -0.388 e. The van der Waals surface area contributed by atoms with Crippen molar-refractivity contribution >= 4 is 5.91 Å². The summed E-state index contributed by atoms with van der Waals surface area (Å²) in [5.41, 5.74) is 0. The molecule has 0 aromatic carbocycles. The van der Waals surface area contributed by atoms with Gasteiger partial charge in [-0.2, -0.15) is 0 Å². The number of hydrogen-bond acceptors (Lipinski definition) is 7. The molecule has 1 saturated heterocycles. The van der Waals surface area contributed by atoms with Crippen molar-refractivity contribution in [2.75, 3.05) is 6.61 Å². The van der Waals surface area contributed by atoms with E-state index in [1.165, 1.54) is 6.92 Å². The van der Waals surface area contributed by atoms with Gasteiger partial charge in [0.05, 0.1) is 0 Å². The van der Waals surface area contributed by atoms with Gasteiger partial charge in [-0.25, -0.2) is 4.89 Å². The summed E-state index contributed by atoms with van der Waals surface area (Å²) in [7, 11) is 0. The Labute approximate surface area is 91.3 Å². The van der Waals surface area contributed by atoms with Gasteiger partial charge in [0, 0.05) is 6.92 Å². The predicted molar refractivity (Wildman–Crippen MR) is 49.1 cm³/mol. The highest BCUT2D eigenvalue weighted by molar-refractivity contribution is 5.73. The van der Waals surface area contributed by atoms with Crippen LogP contribution in [0.4, 0.5) is 0 Å². The van der Waals surface area contributed by atoms with Crippen molar-refractivity contribution in [1.29, 1.82) is 0 Å². The lowest BCUT2D eigenvalue weighted by atomic mass is 9.97. The van der Waals surface area contributed by atoms with Gasteiger partial charge in [0.15, 0.2) is 6.29 Å². The summed E-state index contributed by atoms with van der Waals surface area (Å²) in [6, 6.07) is -1.12. The van der Waals surface area contributed by atoms with E-state index in [1.807, 2.05) is 0 Å². The second-order valence-corrected chi connectivity index (χ2v) is 3.57. The Morgan fingerprint density at radius 2 is 2.00 bits per heavy atom. The van der Waals surface area contributed by atoms with Gasteiger partial charge in [0.2, 0.25) is 5.91 Å². The second-order valence-electron chi connectivity index (χ2n) is 3.57. The molecule has 0 saturated carbocycles. The molecule has 0 bridgehead atoms. The molecule has 0 aromatic rings. The van der Waals surface area contributed by atoms with Gasteiger partial charge in [-0.3, -0.25) is 10.1 Å². The first-order valence-electron chi connectivity index (χ1n) is 4.70. The molecular weight excluding hydrogens is 222 g/mol. The Balaban J connectivity index is 2.67. The fourth-order valence-electron chi connectivity index (χ4n) is 1.55. The summed E-state index contributed by atoms with van der Waals surface area (Å²) in [6.45, 7) is 0.802. The monoisotopic (exact) mass is 237 g/mol. The molecular formula is C8H15NO7. The molecule has 0 aliphatic carbocycles. The standard InChI is InChI=1S/C8H15NO7/c1-3(10)9-5-7(12)6(11)4(2-15-14)16-8(5)13/h4-8,11-14H,2H2,1H3,(H,9,10)/t4-,5-,6-,7-,8-/m1/s1. The summed E-state index contributed by atoms with van der Waals surface area (Å²) < 4.78 is 4.87. The normalized spacial score (nSPS) is 39.4. The number of ether oxygens (including phenoxy) is 1. The van der Waals surface area contributed by atoms with Crippen LogP contribution in [0.5, 0.6) is 0 Å². The van der Waals surface area contributed by atoms with E-state index in [0.29, 0.717) is 0 Å². The molecule has 1 amide bonds. The lowest BCUT2D eigenvalue weighted by Gasteiger charge is -2.40. The number of carbonyl (C=O) groups excluding carboxylic acids is 1. The van der Waals surface area contributed by atoms with Crippen LogP contribution in [0, 0.1) is 0 Å². The van der Waals surface area contributed by atoms with Crippen molar-refractivity contribution in [2.24, 2.45) is 0 Å². The summed E-state index contributed by atoms with van der Waals surface area (Å²) in [5.74, 6) is -0.476. The van der Waals surface area contributed by atoms with Gasteiger partial charge in [-0.05, 0) is 0 Å². The van der Waals surface area contributed by atoms with E-state index < -0.39 is 43.2 Å². The van der Waals surface area contributed by atoms with E-state index in [1.54, 1.807) is 0 Å². The zero-order valence-electron chi connectivity index (χ0n) is 8.61. The molecule has 0 aromatic heterocycles. The first-order valence-corrected chi connectivity index (χ1v) is 4.70. The smallest absolute Gasteiger partial charge is 0.217 e. The lowest BCUT2D eigenvalue weighted by Crippen LogP contribution is -2.64. The van der Waals surface area contributed by atoms with Crippen LogP contribution in [-0.2, 0) is 14.4 Å². The van der Waals surface area contributed by atoms with Gasteiger partial charge in [0.25, 0.3) is 0 Å². The fraction of sp³-hybridized carbons (Fsp3) is 0.875. The molecule has 16 heavy (non-hydrogen) atoms. The Hall–Kier alpha value is -0.770. The minimum absolute atomic E-state index is 0.401. The van der Waals surface area contributed by atoms with Gasteiger partial charge < -0.3 is 25.4 Å².